The first-order valence-corrected chi connectivity index (χ1v) is 9.93. The second-order valence-corrected chi connectivity index (χ2v) is 7.42. The summed E-state index contributed by atoms with van der Waals surface area (Å²) in [7, 11) is 0. The van der Waals surface area contributed by atoms with Crippen LogP contribution in [0.1, 0.15) is 46.6 Å². The number of aryl methyl sites for hydroxylation is 1. The Labute approximate surface area is 159 Å². The first-order valence-electron chi connectivity index (χ1n) is 9.93. The third-order valence-electron chi connectivity index (χ3n) is 5.34. The minimum Gasteiger partial charge on any atom is -0.375 e. The van der Waals surface area contributed by atoms with E-state index >= 15 is 0 Å². The van der Waals surface area contributed by atoms with Crippen LogP contribution in [0, 0.1) is 0 Å². The van der Waals surface area contributed by atoms with Gasteiger partial charge in [-0.3, -0.25) is 9.69 Å². The lowest BCUT2D eigenvalue weighted by molar-refractivity contribution is 0.0504. The third-order valence-corrected chi connectivity index (χ3v) is 5.34. The summed E-state index contributed by atoms with van der Waals surface area (Å²) >= 11 is 0. The van der Waals surface area contributed by atoms with E-state index in [1.807, 2.05) is 6.07 Å². The van der Waals surface area contributed by atoms with Crippen LogP contribution in [0.15, 0.2) is 34.9 Å². The molecule has 2 aliphatic rings. The molecule has 1 aliphatic heterocycles. The second-order valence-electron chi connectivity index (χ2n) is 7.42. The molecule has 1 atom stereocenters. The SMILES string of the molecule is O=C(NCC1CN(Cc2ccccc2)CCCO1)c1onc2c1CCCC2. The van der Waals surface area contributed by atoms with Crippen molar-refractivity contribution in [2.45, 2.75) is 44.8 Å². The van der Waals surface area contributed by atoms with E-state index in [-0.39, 0.29) is 12.0 Å². The number of aromatic nitrogens is 1. The summed E-state index contributed by atoms with van der Waals surface area (Å²) < 4.78 is 11.3. The number of amides is 1. The maximum Gasteiger partial charge on any atom is 0.290 e. The van der Waals surface area contributed by atoms with Crippen LogP contribution in [-0.4, -0.2) is 48.3 Å². The average Bonchev–Trinajstić information content (AvgIpc) is 3.01. The van der Waals surface area contributed by atoms with Crippen molar-refractivity contribution >= 4 is 5.91 Å². The first-order chi connectivity index (χ1) is 13.3. The van der Waals surface area contributed by atoms with Gasteiger partial charge in [-0.15, -0.1) is 0 Å². The molecule has 0 spiro atoms. The van der Waals surface area contributed by atoms with Gasteiger partial charge in [0.15, 0.2) is 0 Å². The Morgan fingerprint density at radius 1 is 1.19 bits per heavy atom. The minimum absolute atomic E-state index is 0.0149. The van der Waals surface area contributed by atoms with Gasteiger partial charge >= 0.3 is 0 Å². The van der Waals surface area contributed by atoms with Gasteiger partial charge in [0, 0.05) is 38.3 Å². The molecule has 0 bridgehead atoms. The second kappa shape index (κ2) is 8.67. The van der Waals surface area contributed by atoms with Crippen LogP contribution in [0.2, 0.25) is 0 Å². The van der Waals surface area contributed by atoms with Crippen molar-refractivity contribution in [3.05, 3.63) is 52.9 Å². The molecule has 2 aromatic rings. The monoisotopic (exact) mass is 369 g/mol. The number of nitrogens with zero attached hydrogens (tertiary/aromatic N) is 2. The normalized spacial score (nSPS) is 20.7. The van der Waals surface area contributed by atoms with Crippen LogP contribution in [0.3, 0.4) is 0 Å². The summed E-state index contributed by atoms with van der Waals surface area (Å²) in [6.45, 7) is 3.94. The maximum atomic E-state index is 12.6. The molecule has 1 aromatic heterocycles. The Hall–Kier alpha value is -2.18. The van der Waals surface area contributed by atoms with Crippen molar-refractivity contribution in [2.24, 2.45) is 0 Å². The molecule has 1 unspecified atom stereocenters. The van der Waals surface area contributed by atoms with Crippen molar-refractivity contribution in [3.63, 3.8) is 0 Å². The van der Waals surface area contributed by atoms with Crippen LogP contribution < -0.4 is 5.32 Å². The number of fused-ring (bicyclic) bond motifs is 1. The van der Waals surface area contributed by atoms with Gasteiger partial charge in [0.05, 0.1) is 11.8 Å². The molecule has 0 radical (unpaired) electrons. The number of carbonyl (C=O) groups excluding carboxylic acids is 1. The molecule has 1 fully saturated rings. The zero-order chi connectivity index (χ0) is 18.5. The fraction of sp³-hybridized carbons (Fsp3) is 0.524. The predicted octanol–water partition coefficient (Wildman–Crippen LogP) is 2.57. The van der Waals surface area contributed by atoms with Crippen LogP contribution in [0.25, 0.3) is 0 Å². The largest absolute Gasteiger partial charge is 0.375 e. The number of hydrogen-bond donors (Lipinski definition) is 1. The molecule has 1 aromatic carbocycles. The molecule has 6 nitrogen and oxygen atoms in total. The molecule has 1 amide bonds. The van der Waals surface area contributed by atoms with E-state index in [0.717, 1.165) is 69.6 Å². The Morgan fingerprint density at radius 3 is 2.93 bits per heavy atom. The van der Waals surface area contributed by atoms with E-state index in [2.05, 4.69) is 39.6 Å². The number of benzene rings is 1. The predicted molar refractivity (Wildman–Crippen MR) is 102 cm³/mol. The molecule has 1 aliphatic carbocycles. The summed E-state index contributed by atoms with van der Waals surface area (Å²) in [4.78, 5) is 15.0. The van der Waals surface area contributed by atoms with E-state index in [1.165, 1.54) is 5.56 Å². The maximum absolute atomic E-state index is 12.6. The molecule has 1 saturated heterocycles. The topological polar surface area (TPSA) is 67.6 Å². The van der Waals surface area contributed by atoms with Crippen molar-refractivity contribution < 1.29 is 14.1 Å². The van der Waals surface area contributed by atoms with Gasteiger partial charge in [-0.05, 0) is 37.7 Å². The van der Waals surface area contributed by atoms with Crippen molar-refractivity contribution in [1.82, 2.24) is 15.4 Å². The Balaban J connectivity index is 1.33. The third kappa shape index (κ3) is 4.57. The van der Waals surface area contributed by atoms with Crippen LogP contribution in [-0.2, 0) is 24.1 Å². The van der Waals surface area contributed by atoms with E-state index < -0.39 is 0 Å². The van der Waals surface area contributed by atoms with E-state index in [4.69, 9.17) is 9.26 Å². The number of hydrogen-bond acceptors (Lipinski definition) is 5. The molecule has 4 rings (SSSR count). The van der Waals surface area contributed by atoms with Gasteiger partial charge in [0.25, 0.3) is 5.91 Å². The van der Waals surface area contributed by atoms with Crippen molar-refractivity contribution in [1.29, 1.82) is 0 Å². The quantitative estimate of drug-likeness (QED) is 0.877. The molecule has 144 valence electrons. The van der Waals surface area contributed by atoms with E-state index in [0.29, 0.717) is 12.3 Å². The zero-order valence-corrected chi connectivity index (χ0v) is 15.7. The number of ether oxygens (including phenoxy) is 1. The molecular formula is C21H27N3O3. The first kappa shape index (κ1) is 18.2. The average molecular weight is 369 g/mol. The summed E-state index contributed by atoms with van der Waals surface area (Å²) in [6, 6.07) is 10.5. The van der Waals surface area contributed by atoms with Gasteiger partial charge in [-0.2, -0.15) is 0 Å². The highest BCUT2D eigenvalue weighted by molar-refractivity contribution is 5.93. The lowest BCUT2D eigenvalue weighted by Gasteiger charge is -2.24. The van der Waals surface area contributed by atoms with Crippen LogP contribution >= 0.6 is 0 Å². The molecular weight excluding hydrogens is 342 g/mol. The van der Waals surface area contributed by atoms with Gasteiger partial charge in [0.1, 0.15) is 0 Å². The lowest BCUT2D eigenvalue weighted by atomic mass is 9.96. The van der Waals surface area contributed by atoms with Gasteiger partial charge in [0.2, 0.25) is 5.76 Å². The Bertz CT molecular complexity index is 759. The molecule has 27 heavy (non-hydrogen) atoms. The lowest BCUT2D eigenvalue weighted by Crippen LogP contribution is -2.40. The molecule has 0 saturated carbocycles. The summed E-state index contributed by atoms with van der Waals surface area (Å²) in [5.74, 6) is 0.215. The van der Waals surface area contributed by atoms with Crippen molar-refractivity contribution in [3.8, 4) is 0 Å². The summed E-state index contributed by atoms with van der Waals surface area (Å²) in [5, 5.41) is 7.06. The van der Waals surface area contributed by atoms with Gasteiger partial charge < -0.3 is 14.6 Å². The van der Waals surface area contributed by atoms with E-state index in [9.17, 15) is 4.79 Å². The standard InChI is InChI=1S/C21H27N3O3/c25-21(20-18-9-4-5-10-19(18)23-27-20)22-13-17-15-24(11-6-12-26-17)14-16-7-2-1-3-8-16/h1-3,7-8,17H,4-6,9-15H2,(H,22,25). The highest BCUT2D eigenvalue weighted by atomic mass is 16.5. The number of carbonyl (C=O) groups is 1. The van der Waals surface area contributed by atoms with Gasteiger partial charge in [-0.1, -0.05) is 35.5 Å². The minimum atomic E-state index is -0.173. The van der Waals surface area contributed by atoms with Crippen LogP contribution in [0.5, 0.6) is 0 Å². The fourth-order valence-electron chi connectivity index (χ4n) is 3.93. The molecule has 1 N–H and O–H groups in total. The van der Waals surface area contributed by atoms with Crippen LogP contribution in [0.4, 0.5) is 0 Å². The zero-order valence-electron chi connectivity index (χ0n) is 15.7. The number of rotatable bonds is 5. The smallest absolute Gasteiger partial charge is 0.290 e. The van der Waals surface area contributed by atoms with Crippen molar-refractivity contribution in [2.75, 3.05) is 26.2 Å². The fourth-order valence-corrected chi connectivity index (χ4v) is 3.93. The van der Waals surface area contributed by atoms with E-state index in [1.54, 1.807) is 0 Å². The molecule has 2 heterocycles. The Kier molecular flexibility index (Phi) is 5.84. The number of nitrogens with one attached hydrogen (secondary N) is 1. The highest BCUT2D eigenvalue weighted by Crippen LogP contribution is 2.23. The highest BCUT2D eigenvalue weighted by Gasteiger charge is 2.25. The molecule has 6 heteroatoms. The Morgan fingerprint density at radius 2 is 2.04 bits per heavy atom. The summed E-state index contributed by atoms with van der Waals surface area (Å²) in [6.07, 6.45) is 4.99. The van der Waals surface area contributed by atoms with Gasteiger partial charge in [-0.25, -0.2) is 0 Å². The summed E-state index contributed by atoms with van der Waals surface area (Å²) in [5.41, 5.74) is 3.24.